The van der Waals surface area contributed by atoms with E-state index < -0.39 is 18.0 Å². The summed E-state index contributed by atoms with van der Waals surface area (Å²) in [7, 11) is 0. The number of nitrogens with two attached hydrogens (primary N) is 1. The maximum atomic E-state index is 11.0. The van der Waals surface area contributed by atoms with Gasteiger partial charge in [-0.1, -0.05) is 0 Å². The van der Waals surface area contributed by atoms with E-state index in [0.29, 0.717) is 20.3 Å². The summed E-state index contributed by atoms with van der Waals surface area (Å²) >= 11 is 6.59. The quantitative estimate of drug-likeness (QED) is 0.753. The average Bonchev–Trinajstić information content (AvgIpc) is 2.30. The second-order valence-electron chi connectivity index (χ2n) is 3.65. The van der Waals surface area contributed by atoms with Gasteiger partial charge < -0.3 is 15.6 Å². The minimum atomic E-state index is -1.03. The van der Waals surface area contributed by atoms with Gasteiger partial charge >= 0.3 is 5.97 Å². The largest absolute Gasteiger partial charge is 0.479 e. The van der Waals surface area contributed by atoms with Gasteiger partial charge in [0.25, 0.3) is 5.91 Å². The van der Waals surface area contributed by atoms with Crippen molar-refractivity contribution in [1.29, 1.82) is 0 Å². The molecule has 0 aliphatic carbocycles. The highest BCUT2D eigenvalue weighted by atomic mass is 79.9. The van der Waals surface area contributed by atoms with Gasteiger partial charge in [-0.05, 0) is 62.6 Å². The summed E-state index contributed by atoms with van der Waals surface area (Å²) in [5, 5.41) is 8.56. The molecule has 102 valence electrons. The van der Waals surface area contributed by atoms with Gasteiger partial charge in [0, 0.05) is 6.08 Å². The Morgan fingerprint density at radius 3 is 2.32 bits per heavy atom. The van der Waals surface area contributed by atoms with Crippen LogP contribution >= 0.6 is 31.9 Å². The number of carbonyl (C=O) groups excluding carboxylic acids is 1. The van der Waals surface area contributed by atoms with Crippen molar-refractivity contribution in [2.75, 3.05) is 0 Å². The lowest BCUT2D eigenvalue weighted by molar-refractivity contribution is -0.131. The molecule has 3 N–H and O–H groups in total. The Morgan fingerprint density at radius 2 is 1.89 bits per heavy atom. The van der Waals surface area contributed by atoms with Crippen LogP contribution in [0.2, 0.25) is 0 Å². The number of rotatable bonds is 5. The fraction of sp³-hybridized carbons (Fsp3) is 0.167. The third-order valence-electron chi connectivity index (χ3n) is 2.13. The zero-order valence-electron chi connectivity index (χ0n) is 9.89. The zero-order chi connectivity index (χ0) is 14.6. The molecule has 0 aromatic heterocycles. The number of hydrogen-bond acceptors (Lipinski definition) is 3. The van der Waals surface area contributed by atoms with E-state index in [1.807, 2.05) is 0 Å². The van der Waals surface area contributed by atoms with Gasteiger partial charge in [-0.2, -0.15) is 0 Å². The van der Waals surface area contributed by atoms with E-state index in [-0.39, 0.29) is 0 Å². The molecule has 1 amide bonds. The van der Waals surface area contributed by atoms with Crippen molar-refractivity contribution < 1.29 is 19.4 Å². The van der Waals surface area contributed by atoms with Crippen molar-refractivity contribution >= 4 is 49.8 Å². The molecule has 7 heteroatoms. The Morgan fingerprint density at radius 1 is 1.37 bits per heavy atom. The van der Waals surface area contributed by atoms with Crippen LogP contribution in [0, 0.1) is 0 Å². The smallest absolute Gasteiger partial charge is 0.328 e. The third-order valence-corrected chi connectivity index (χ3v) is 3.31. The second-order valence-corrected chi connectivity index (χ2v) is 5.36. The van der Waals surface area contributed by atoms with Crippen molar-refractivity contribution in [2.45, 2.75) is 13.0 Å². The molecule has 1 atom stereocenters. The first-order valence-electron chi connectivity index (χ1n) is 5.17. The second kappa shape index (κ2) is 6.72. The first-order chi connectivity index (χ1) is 8.81. The summed E-state index contributed by atoms with van der Waals surface area (Å²) in [4.78, 5) is 21.4. The fourth-order valence-corrected chi connectivity index (χ4v) is 2.60. The van der Waals surface area contributed by atoms with Crippen LogP contribution in [-0.2, 0) is 9.59 Å². The average molecular weight is 393 g/mol. The molecule has 19 heavy (non-hydrogen) atoms. The van der Waals surface area contributed by atoms with Gasteiger partial charge in [-0.25, -0.2) is 4.79 Å². The minimum Gasteiger partial charge on any atom is -0.479 e. The van der Waals surface area contributed by atoms with E-state index in [1.54, 1.807) is 19.1 Å². The molecule has 0 bridgehead atoms. The standard InChI is InChI=1S/C12H11Br2NO4/c1-6(12(15)18)19-11-8(13)4-7(5-9(11)14)2-3-10(16)17/h2-6H,1H3,(H2,15,18)(H,16,17)/b3-2+. The number of carbonyl (C=O) groups is 2. The minimum absolute atomic E-state index is 0.429. The fourth-order valence-electron chi connectivity index (χ4n) is 1.19. The van der Waals surface area contributed by atoms with E-state index >= 15 is 0 Å². The van der Waals surface area contributed by atoms with Crippen LogP contribution in [0.1, 0.15) is 12.5 Å². The van der Waals surface area contributed by atoms with E-state index in [0.717, 1.165) is 6.08 Å². The molecule has 0 saturated carbocycles. The molecular formula is C12H11Br2NO4. The summed E-state index contributed by atoms with van der Waals surface area (Å²) in [6, 6.07) is 3.35. The maximum absolute atomic E-state index is 11.0. The van der Waals surface area contributed by atoms with Gasteiger partial charge in [-0.15, -0.1) is 0 Å². The van der Waals surface area contributed by atoms with Crippen LogP contribution in [0.5, 0.6) is 5.75 Å². The summed E-state index contributed by atoms with van der Waals surface area (Å²) in [5.74, 6) is -1.18. The number of carboxylic acids is 1. The number of primary amides is 1. The first-order valence-corrected chi connectivity index (χ1v) is 6.76. The van der Waals surface area contributed by atoms with Crippen LogP contribution in [0.3, 0.4) is 0 Å². The Hall–Kier alpha value is -1.34. The predicted molar refractivity (Wildman–Crippen MR) is 77.8 cm³/mol. The summed E-state index contributed by atoms with van der Waals surface area (Å²) in [6.45, 7) is 1.54. The monoisotopic (exact) mass is 391 g/mol. The number of amides is 1. The van der Waals surface area contributed by atoms with Gasteiger partial charge in [0.05, 0.1) is 8.95 Å². The van der Waals surface area contributed by atoms with Crippen LogP contribution in [0.25, 0.3) is 6.08 Å². The highest BCUT2D eigenvalue weighted by Gasteiger charge is 2.15. The van der Waals surface area contributed by atoms with Crippen LogP contribution in [0.4, 0.5) is 0 Å². The summed E-state index contributed by atoms with van der Waals surface area (Å²) in [6.07, 6.45) is 1.70. The molecule has 0 saturated heterocycles. The number of aliphatic carboxylic acids is 1. The first kappa shape index (κ1) is 15.7. The van der Waals surface area contributed by atoms with Gasteiger partial charge in [-0.3, -0.25) is 4.79 Å². The van der Waals surface area contributed by atoms with Crippen molar-refractivity contribution in [3.63, 3.8) is 0 Å². The van der Waals surface area contributed by atoms with Crippen molar-refractivity contribution in [3.05, 3.63) is 32.7 Å². The Labute approximate surface area is 126 Å². The van der Waals surface area contributed by atoms with Crippen LogP contribution < -0.4 is 10.5 Å². The molecule has 0 aliphatic rings. The molecule has 0 spiro atoms. The molecule has 0 fully saturated rings. The van der Waals surface area contributed by atoms with Crippen LogP contribution in [-0.4, -0.2) is 23.1 Å². The topological polar surface area (TPSA) is 89.6 Å². The van der Waals surface area contributed by atoms with E-state index in [4.69, 9.17) is 15.6 Å². The van der Waals surface area contributed by atoms with E-state index in [9.17, 15) is 9.59 Å². The lowest BCUT2D eigenvalue weighted by atomic mass is 10.2. The molecule has 0 radical (unpaired) electrons. The van der Waals surface area contributed by atoms with Gasteiger partial charge in [0.2, 0.25) is 0 Å². The maximum Gasteiger partial charge on any atom is 0.328 e. The normalized spacial score (nSPS) is 12.4. The van der Waals surface area contributed by atoms with Gasteiger partial charge in [0.15, 0.2) is 6.10 Å². The molecular weight excluding hydrogens is 382 g/mol. The number of ether oxygens (including phenoxy) is 1. The Kier molecular flexibility index (Phi) is 5.56. The highest BCUT2D eigenvalue weighted by molar-refractivity contribution is 9.11. The number of halogens is 2. The van der Waals surface area contributed by atoms with Crippen molar-refractivity contribution in [1.82, 2.24) is 0 Å². The SMILES string of the molecule is CC(Oc1c(Br)cc(/C=C/C(=O)O)cc1Br)C(N)=O. The molecule has 0 aliphatic heterocycles. The predicted octanol–water partition coefficient (Wildman–Crippen LogP) is 2.56. The van der Waals surface area contributed by atoms with E-state index in [1.165, 1.54) is 6.08 Å². The van der Waals surface area contributed by atoms with Crippen molar-refractivity contribution in [2.24, 2.45) is 5.73 Å². The number of benzene rings is 1. The molecule has 1 rings (SSSR count). The number of carboxylic acid groups (broad SMARTS) is 1. The third kappa shape index (κ3) is 4.68. The van der Waals surface area contributed by atoms with E-state index in [2.05, 4.69) is 31.9 Å². The lowest BCUT2D eigenvalue weighted by Crippen LogP contribution is -2.30. The number of hydrogen-bond donors (Lipinski definition) is 2. The lowest BCUT2D eigenvalue weighted by Gasteiger charge is -2.15. The molecule has 1 aromatic carbocycles. The molecule has 5 nitrogen and oxygen atoms in total. The Bertz CT molecular complexity index is 520. The van der Waals surface area contributed by atoms with Gasteiger partial charge in [0.1, 0.15) is 5.75 Å². The van der Waals surface area contributed by atoms with Crippen LogP contribution in [0.15, 0.2) is 27.2 Å². The summed E-state index contributed by atoms with van der Waals surface area (Å²) in [5.41, 5.74) is 5.79. The molecule has 1 aromatic rings. The highest BCUT2D eigenvalue weighted by Crippen LogP contribution is 2.35. The molecule has 0 heterocycles. The summed E-state index contributed by atoms with van der Waals surface area (Å²) < 4.78 is 6.58. The molecule has 1 unspecified atom stereocenters. The Balaban J connectivity index is 3.04. The van der Waals surface area contributed by atoms with Crippen molar-refractivity contribution in [3.8, 4) is 5.75 Å². The zero-order valence-corrected chi connectivity index (χ0v) is 13.1.